The molecular weight excluding hydrogens is 411 g/mol. The number of nitrogens with zero attached hydrogens (tertiary/aromatic N) is 2. The molecule has 0 saturated carbocycles. The number of hydrogen-bond acceptors (Lipinski definition) is 6. The Morgan fingerprint density at radius 2 is 1.94 bits per heavy atom. The number of ether oxygens (including phenoxy) is 4. The minimum absolute atomic E-state index is 0.333. The average molecular weight is 443 g/mol. The minimum atomic E-state index is -0.333. The van der Waals surface area contributed by atoms with E-state index in [-0.39, 0.29) is 5.82 Å². The first kappa shape index (κ1) is 22.3. The monoisotopic (exact) mass is 442 g/mol. The zero-order valence-electron chi connectivity index (χ0n) is 18.6. The molecular formula is C25H31FN2O4. The Bertz CT molecular complexity index is 901. The highest BCUT2D eigenvalue weighted by molar-refractivity contribution is 5.39. The summed E-state index contributed by atoms with van der Waals surface area (Å²) in [6.07, 6.45) is 13.8. The van der Waals surface area contributed by atoms with E-state index in [1.165, 1.54) is 24.8 Å². The number of halogens is 1. The van der Waals surface area contributed by atoms with E-state index in [1.54, 1.807) is 18.6 Å². The van der Waals surface area contributed by atoms with Gasteiger partial charge in [0.15, 0.2) is 17.8 Å². The molecule has 1 saturated heterocycles. The van der Waals surface area contributed by atoms with Crippen molar-refractivity contribution >= 4 is 0 Å². The third-order valence-electron chi connectivity index (χ3n) is 5.81. The highest BCUT2D eigenvalue weighted by atomic mass is 19.1. The Labute approximate surface area is 189 Å². The first-order chi connectivity index (χ1) is 15.7. The van der Waals surface area contributed by atoms with E-state index < -0.39 is 0 Å². The lowest BCUT2D eigenvalue weighted by Crippen LogP contribution is -2.46. The number of methoxy groups -OCH3 is 1. The number of hydrogen-bond donors (Lipinski definition) is 0. The van der Waals surface area contributed by atoms with Gasteiger partial charge in [-0.2, -0.15) is 0 Å². The van der Waals surface area contributed by atoms with Crippen LogP contribution in [0.15, 0.2) is 66.2 Å². The summed E-state index contributed by atoms with van der Waals surface area (Å²) in [5.74, 6) is 2.29. The summed E-state index contributed by atoms with van der Waals surface area (Å²) in [6, 6.07) is 4.32. The standard InChI is InChI=1S/C25H31FN2O4/c1-29-24-17-21(26)8-9-23(24)30-15-5-10-27-11-13-28(14-12-27)25-19-31-22(18-32-25)16-20-6-3-2-4-7-20/h2-3,6,8-9,17-19H,4-5,7,10-16H2,1H3. The Morgan fingerprint density at radius 1 is 1.06 bits per heavy atom. The molecule has 1 aromatic carbocycles. The molecule has 0 radical (unpaired) electrons. The van der Waals surface area contributed by atoms with Gasteiger partial charge in [0.25, 0.3) is 0 Å². The maximum atomic E-state index is 13.3. The second-order valence-corrected chi connectivity index (χ2v) is 8.07. The Morgan fingerprint density at radius 3 is 2.66 bits per heavy atom. The molecule has 0 amide bonds. The maximum absolute atomic E-state index is 13.3. The third-order valence-corrected chi connectivity index (χ3v) is 5.81. The molecule has 3 aliphatic rings. The first-order valence-corrected chi connectivity index (χ1v) is 11.2. The molecule has 2 aliphatic heterocycles. The molecule has 32 heavy (non-hydrogen) atoms. The van der Waals surface area contributed by atoms with Gasteiger partial charge in [-0.25, -0.2) is 4.39 Å². The topological polar surface area (TPSA) is 43.4 Å². The SMILES string of the molecule is COc1cc(F)ccc1OCCCN1CCN(C2=COC(CC3=CC=CCC3)=CO2)CC1. The lowest BCUT2D eigenvalue weighted by Gasteiger charge is -2.36. The average Bonchev–Trinajstić information content (AvgIpc) is 2.84. The van der Waals surface area contributed by atoms with E-state index in [4.69, 9.17) is 18.9 Å². The van der Waals surface area contributed by atoms with Gasteiger partial charge in [-0.1, -0.05) is 23.8 Å². The molecule has 2 heterocycles. The van der Waals surface area contributed by atoms with E-state index in [0.717, 1.165) is 70.0 Å². The molecule has 7 heteroatoms. The normalized spacial score (nSPS) is 18.8. The lowest BCUT2D eigenvalue weighted by molar-refractivity contribution is 0.0806. The Kier molecular flexibility index (Phi) is 7.72. The number of rotatable bonds is 9. The van der Waals surface area contributed by atoms with Crippen LogP contribution in [0.2, 0.25) is 0 Å². The largest absolute Gasteiger partial charge is 0.493 e. The van der Waals surface area contributed by atoms with Crippen molar-refractivity contribution in [3.8, 4) is 11.5 Å². The van der Waals surface area contributed by atoms with Crippen molar-refractivity contribution in [3.63, 3.8) is 0 Å². The number of benzene rings is 1. The Hall–Kier alpha value is -2.93. The summed E-state index contributed by atoms with van der Waals surface area (Å²) in [7, 11) is 1.51. The molecule has 4 rings (SSSR count). The first-order valence-electron chi connectivity index (χ1n) is 11.2. The molecule has 0 spiro atoms. The highest BCUT2D eigenvalue weighted by Crippen LogP contribution is 2.28. The number of allylic oxidation sites excluding steroid dienone is 4. The summed E-state index contributed by atoms with van der Waals surface area (Å²) < 4.78 is 35.9. The minimum Gasteiger partial charge on any atom is -0.493 e. The molecule has 0 unspecified atom stereocenters. The predicted octanol–water partition coefficient (Wildman–Crippen LogP) is 4.57. The van der Waals surface area contributed by atoms with Gasteiger partial charge in [-0.05, 0) is 31.4 Å². The van der Waals surface area contributed by atoms with Crippen LogP contribution >= 0.6 is 0 Å². The van der Waals surface area contributed by atoms with Crippen LogP contribution in [0.1, 0.15) is 25.7 Å². The van der Waals surface area contributed by atoms with Gasteiger partial charge in [0, 0.05) is 45.2 Å². The summed E-state index contributed by atoms with van der Waals surface area (Å²) in [6.45, 7) is 5.19. The van der Waals surface area contributed by atoms with Crippen molar-refractivity contribution in [2.45, 2.75) is 25.7 Å². The van der Waals surface area contributed by atoms with E-state index in [1.807, 2.05) is 0 Å². The molecule has 1 aromatic rings. The summed E-state index contributed by atoms with van der Waals surface area (Å²) in [5, 5.41) is 0. The van der Waals surface area contributed by atoms with Crippen LogP contribution in [-0.2, 0) is 9.47 Å². The van der Waals surface area contributed by atoms with E-state index >= 15 is 0 Å². The molecule has 1 fully saturated rings. The van der Waals surface area contributed by atoms with E-state index in [9.17, 15) is 4.39 Å². The van der Waals surface area contributed by atoms with E-state index in [2.05, 4.69) is 28.0 Å². The van der Waals surface area contributed by atoms with Crippen LogP contribution in [0.4, 0.5) is 4.39 Å². The van der Waals surface area contributed by atoms with Crippen molar-refractivity contribution in [1.29, 1.82) is 0 Å². The fraction of sp³-hybridized carbons (Fsp3) is 0.440. The van der Waals surface area contributed by atoms with Gasteiger partial charge in [0.2, 0.25) is 5.88 Å². The zero-order chi connectivity index (χ0) is 22.2. The van der Waals surface area contributed by atoms with Crippen molar-refractivity contribution in [1.82, 2.24) is 9.80 Å². The van der Waals surface area contributed by atoms with Crippen molar-refractivity contribution in [2.75, 3.05) is 46.4 Å². The fourth-order valence-corrected chi connectivity index (χ4v) is 3.99. The van der Waals surface area contributed by atoms with Crippen LogP contribution in [-0.4, -0.2) is 56.2 Å². The molecule has 1 aliphatic carbocycles. The molecule has 0 aromatic heterocycles. The van der Waals surface area contributed by atoms with Crippen LogP contribution in [0, 0.1) is 5.82 Å². The third kappa shape index (κ3) is 6.07. The van der Waals surface area contributed by atoms with Gasteiger partial charge in [-0.15, -0.1) is 0 Å². The van der Waals surface area contributed by atoms with Gasteiger partial charge in [-0.3, -0.25) is 4.90 Å². The van der Waals surface area contributed by atoms with Gasteiger partial charge in [0.1, 0.15) is 17.8 Å². The highest BCUT2D eigenvalue weighted by Gasteiger charge is 2.22. The fourth-order valence-electron chi connectivity index (χ4n) is 3.99. The van der Waals surface area contributed by atoms with Crippen LogP contribution < -0.4 is 9.47 Å². The summed E-state index contributed by atoms with van der Waals surface area (Å²) in [5.41, 5.74) is 1.37. The van der Waals surface area contributed by atoms with Crippen LogP contribution in [0.5, 0.6) is 11.5 Å². The van der Waals surface area contributed by atoms with E-state index in [0.29, 0.717) is 18.1 Å². The molecule has 6 nitrogen and oxygen atoms in total. The van der Waals surface area contributed by atoms with Gasteiger partial charge < -0.3 is 23.8 Å². The van der Waals surface area contributed by atoms with Crippen molar-refractivity contribution in [3.05, 3.63) is 72.0 Å². The van der Waals surface area contributed by atoms with Crippen molar-refractivity contribution < 1.29 is 23.3 Å². The molecule has 0 bridgehead atoms. The van der Waals surface area contributed by atoms with Crippen LogP contribution in [0.3, 0.4) is 0 Å². The lowest BCUT2D eigenvalue weighted by atomic mass is 10.0. The van der Waals surface area contributed by atoms with Crippen molar-refractivity contribution in [2.24, 2.45) is 0 Å². The predicted molar refractivity (Wildman–Crippen MR) is 120 cm³/mol. The second kappa shape index (κ2) is 11.1. The van der Waals surface area contributed by atoms with Gasteiger partial charge in [0.05, 0.1) is 13.7 Å². The molecule has 0 atom stereocenters. The van der Waals surface area contributed by atoms with Gasteiger partial charge >= 0.3 is 0 Å². The molecule has 0 N–H and O–H groups in total. The maximum Gasteiger partial charge on any atom is 0.231 e. The smallest absolute Gasteiger partial charge is 0.231 e. The number of piperazine rings is 1. The molecule has 172 valence electrons. The summed E-state index contributed by atoms with van der Waals surface area (Å²) in [4.78, 5) is 4.63. The second-order valence-electron chi connectivity index (χ2n) is 8.07. The zero-order valence-corrected chi connectivity index (χ0v) is 18.6. The quantitative estimate of drug-likeness (QED) is 0.522. The van der Waals surface area contributed by atoms with Crippen LogP contribution in [0.25, 0.3) is 0 Å². The summed E-state index contributed by atoms with van der Waals surface area (Å²) >= 11 is 0. The Balaban J connectivity index is 1.14.